The number of esters is 1. The Hall–Kier alpha value is -3.04. The molecule has 1 unspecified atom stereocenters. The Labute approximate surface area is 151 Å². The van der Waals surface area contributed by atoms with Crippen LogP contribution >= 0.6 is 0 Å². The van der Waals surface area contributed by atoms with Crippen LogP contribution in [0.1, 0.15) is 18.2 Å². The second-order valence-corrected chi connectivity index (χ2v) is 5.36. The minimum Gasteiger partial charge on any atom is -0.467 e. The first-order valence-electron chi connectivity index (χ1n) is 7.79. The van der Waals surface area contributed by atoms with E-state index in [1.807, 2.05) is 0 Å². The summed E-state index contributed by atoms with van der Waals surface area (Å²) in [4.78, 5) is 24.4. The zero-order valence-electron chi connectivity index (χ0n) is 14.1. The van der Waals surface area contributed by atoms with Crippen molar-refractivity contribution in [3.8, 4) is 0 Å². The summed E-state index contributed by atoms with van der Waals surface area (Å²) in [5.74, 6) is -2.25. The standard InChI is InChI=1S/C17H16F4N2O4/c1-2-26-14(24)16(17(19,20)21,11-5-7-12(18)8-6-11)23-15(25)22-10-13-4-3-9-27-13/h3-9H,2,10H2,1H3,(H2,22,23,25). The second-order valence-electron chi connectivity index (χ2n) is 5.36. The van der Waals surface area contributed by atoms with Crippen LogP contribution in [-0.4, -0.2) is 24.8 Å². The third kappa shape index (κ3) is 4.39. The Morgan fingerprint density at radius 3 is 2.33 bits per heavy atom. The van der Waals surface area contributed by atoms with E-state index < -0.39 is 35.1 Å². The lowest BCUT2D eigenvalue weighted by Crippen LogP contribution is -2.63. The van der Waals surface area contributed by atoms with E-state index in [1.165, 1.54) is 25.3 Å². The first-order chi connectivity index (χ1) is 12.7. The van der Waals surface area contributed by atoms with Crippen molar-refractivity contribution in [3.63, 3.8) is 0 Å². The third-order valence-corrected chi connectivity index (χ3v) is 3.59. The van der Waals surface area contributed by atoms with Crippen molar-refractivity contribution in [3.05, 3.63) is 59.8 Å². The van der Waals surface area contributed by atoms with E-state index in [-0.39, 0.29) is 13.2 Å². The number of benzene rings is 1. The van der Waals surface area contributed by atoms with Gasteiger partial charge in [-0.15, -0.1) is 0 Å². The fourth-order valence-corrected chi connectivity index (χ4v) is 2.33. The average Bonchev–Trinajstić information content (AvgIpc) is 3.11. The second kappa shape index (κ2) is 8.11. The summed E-state index contributed by atoms with van der Waals surface area (Å²) in [6.45, 7) is 0.757. The number of alkyl halides is 3. The summed E-state index contributed by atoms with van der Waals surface area (Å²) in [6.07, 6.45) is -3.94. The molecule has 0 saturated heterocycles. The fraction of sp³-hybridized carbons (Fsp3) is 0.294. The molecule has 1 heterocycles. The first-order valence-corrected chi connectivity index (χ1v) is 7.79. The molecule has 10 heteroatoms. The minimum absolute atomic E-state index is 0.209. The van der Waals surface area contributed by atoms with E-state index in [0.717, 1.165) is 24.3 Å². The predicted molar refractivity (Wildman–Crippen MR) is 84.8 cm³/mol. The third-order valence-electron chi connectivity index (χ3n) is 3.59. The number of ether oxygens (including phenoxy) is 1. The van der Waals surface area contributed by atoms with Crippen LogP contribution in [0.5, 0.6) is 0 Å². The van der Waals surface area contributed by atoms with Gasteiger partial charge in [0.25, 0.3) is 5.54 Å². The van der Waals surface area contributed by atoms with Gasteiger partial charge in [0.1, 0.15) is 11.6 Å². The molecule has 0 aliphatic carbocycles. The molecule has 2 aromatic rings. The number of halogens is 4. The van der Waals surface area contributed by atoms with Crippen molar-refractivity contribution < 1.29 is 36.3 Å². The van der Waals surface area contributed by atoms with Gasteiger partial charge in [-0.1, -0.05) is 12.1 Å². The predicted octanol–water partition coefficient (Wildman–Crippen LogP) is 3.24. The molecule has 0 fully saturated rings. The highest BCUT2D eigenvalue weighted by molar-refractivity contribution is 5.89. The van der Waals surface area contributed by atoms with Gasteiger partial charge >= 0.3 is 18.2 Å². The maximum Gasteiger partial charge on any atom is 0.426 e. The van der Waals surface area contributed by atoms with Crippen LogP contribution in [0.4, 0.5) is 22.4 Å². The normalized spacial score (nSPS) is 13.5. The van der Waals surface area contributed by atoms with E-state index >= 15 is 0 Å². The van der Waals surface area contributed by atoms with Gasteiger partial charge in [0, 0.05) is 0 Å². The van der Waals surface area contributed by atoms with Gasteiger partial charge in [-0.2, -0.15) is 13.2 Å². The number of carbonyl (C=O) groups is 2. The highest BCUT2D eigenvalue weighted by Gasteiger charge is 2.64. The van der Waals surface area contributed by atoms with Crippen molar-refractivity contribution in [1.82, 2.24) is 10.6 Å². The Balaban J connectivity index is 2.38. The molecule has 2 rings (SSSR count). The molecule has 1 aromatic heterocycles. The molecule has 1 atom stereocenters. The molecule has 6 nitrogen and oxygen atoms in total. The molecule has 0 spiro atoms. The summed E-state index contributed by atoms with van der Waals surface area (Å²) in [5.41, 5.74) is -4.20. The van der Waals surface area contributed by atoms with E-state index in [1.54, 1.807) is 5.32 Å². The SMILES string of the molecule is CCOC(=O)C(NC(=O)NCc1ccco1)(c1ccc(F)cc1)C(F)(F)F. The van der Waals surface area contributed by atoms with Gasteiger partial charge in [-0.3, -0.25) is 0 Å². The summed E-state index contributed by atoms with van der Waals surface area (Å²) in [7, 11) is 0. The topological polar surface area (TPSA) is 80.6 Å². The zero-order valence-corrected chi connectivity index (χ0v) is 14.1. The number of urea groups is 1. The number of carbonyl (C=O) groups excluding carboxylic acids is 2. The summed E-state index contributed by atoms with van der Waals surface area (Å²) in [6, 6.07) is 4.75. The van der Waals surface area contributed by atoms with Crippen molar-refractivity contribution >= 4 is 12.0 Å². The van der Waals surface area contributed by atoms with E-state index in [2.05, 4.69) is 10.1 Å². The molecule has 27 heavy (non-hydrogen) atoms. The Kier molecular flexibility index (Phi) is 6.09. The largest absolute Gasteiger partial charge is 0.467 e. The highest BCUT2D eigenvalue weighted by Crippen LogP contribution is 2.40. The van der Waals surface area contributed by atoms with Crippen LogP contribution in [0.25, 0.3) is 0 Å². The van der Waals surface area contributed by atoms with Gasteiger partial charge in [-0.25, -0.2) is 14.0 Å². The first kappa shape index (κ1) is 20.3. The lowest BCUT2D eigenvalue weighted by atomic mass is 9.89. The van der Waals surface area contributed by atoms with E-state index in [9.17, 15) is 27.2 Å². The smallest absolute Gasteiger partial charge is 0.426 e. The molecule has 0 aliphatic heterocycles. The summed E-state index contributed by atoms with van der Waals surface area (Å²) in [5, 5.41) is 3.80. The van der Waals surface area contributed by atoms with Gasteiger partial charge in [0.15, 0.2) is 0 Å². The number of hydrogen-bond donors (Lipinski definition) is 2. The molecule has 1 aromatic carbocycles. The molecule has 0 bridgehead atoms. The number of nitrogens with one attached hydrogen (secondary N) is 2. The van der Waals surface area contributed by atoms with Crippen LogP contribution in [0.2, 0.25) is 0 Å². The molecule has 0 aliphatic rings. The Bertz CT molecular complexity index is 775. The average molecular weight is 388 g/mol. The van der Waals surface area contributed by atoms with E-state index in [4.69, 9.17) is 4.42 Å². The number of amides is 2. The van der Waals surface area contributed by atoms with Crippen LogP contribution in [0, 0.1) is 5.82 Å². The van der Waals surface area contributed by atoms with Crippen LogP contribution < -0.4 is 10.6 Å². The molecular formula is C17H16F4N2O4. The number of hydrogen-bond acceptors (Lipinski definition) is 4. The zero-order chi connectivity index (χ0) is 20.1. The van der Waals surface area contributed by atoms with Gasteiger partial charge in [0.05, 0.1) is 19.4 Å². The molecule has 0 radical (unpaired) electrons. The van der Waals surface area contributed by atoms with E-state index in [0.29, 0.717) is 5.76 Å². The van der Waals surface area contributed by atoms with Crippen LogP contribution in [0.3, 0.4) is 0 Å². The fourth-order valence-electron chi connectivity index (χ4n) is 2.33. The maximum absolute atomic E-state index is 14.0. The van der Waals surface area contributed by atoms with Crippen LogP contribution in [-0.2, 0) is 21.6 Å². The van der Waals surface area contributed by atoms with Crippen molar-refractivity contribution in [2.75, 3.05) is 6.61 Å². The number of furan rings is 1. The quantitative estimate of drug-likeness (QED) is 0.588. The molecule has 146 valence electrons. The Morgan fingerprint density at radius 2 is 1.81 bits per heavy atom. The van der Waals surface area contributed by atoms with Crippen LogP contribution in [0.15, 0.2) is 47.1 Å². The lowest BCUT2D eigenvalue weighted by Gasteiger charge is -2.34. The van der Waals surface area contributed by atoms with Crippen molar-refractivity contribution in [1.29, 1.82) is 0 Å². The molecule has 2 amide bonds. The number of rotatable bonds is 6. The minimum atomic E-state index is -5.26. The molecule has 0 saturated carbocycles. The highest BCUT2D eigenvalue weighted by atomic mass is 19.4. The van der Waals surface area contributed by atoms with Crippen molar-refractivity contribution in [2.45, 2.75) is 25.2 Å². The molecular weight excluding hydrogens is 372 g/mol. The van der Waals surface area contributed by atoms with Gasteiger partial charge < -0.3 is 19.8 Å². The van der Waals surface area contributed by atoms with Crippen molar-refractivity contribution in [2.24, 2.45) is 0 Å². The van der Waals surface area contributed by atoms with Gasteiger partial charge in [0.2, 0.25) is 0 Å². The Morgan fingerprint density at radius 1 is 1.15 bits per heavy atom. The summed E-state index contributed by atoms with van der Waals surface area (Å²) >= 11 is 0. The summed E-state index contributed by atoms with van der Waals surface area (Å²) < 4.78 is 64.5. The molecule has 2 N–H and O–H groups in total. The monoisotopic (exact) mass is 388 g/mol. The lowest BCUT2D eigenvalue weighted by molar-refractivity contribution is -0.214. The van der Waals surface area contributed by atoms with Gasteiger partial charge in [-0.05, 0) is 36.8 Å². The maximum atomic E-state index is 14.0.